The molecule has 0 aliphatic rings. The van der Waals surface area contributed by atoms with E-state index in [2.05, 4.69) is 20.5 Å². The van der Waals surface area contributed by atoms with Gasteiger partial charge in [-0.1, -0.05) is 6.92 Å². The molecule has 0 saturated heterocycles. The predicted octanol–water partition coefficient (Wildman–Crippen LogP) is 4.38. The number of benzene rings is 1. The first-order valence-electron chi connectivity index (χ1n) is 7.53. The molecule has 124 valence electrons. The van der Waals surface area contributed by atoms with Crippen molar-refractivity contribution < 1.29 is 9.50 Å². The van der Waals surface area contributed by atoms with Crippen molar-refractivity contribution in [1.29, 1.82) is 0 Å². The fraction of sp³-hybridized carbons (Fsp3) is 0.235. The topological polar surface area (TPSA) is 70.4 Å². The molecular formula is C17H17FN4OS. The summed E-state index contributed by atoms with van der Waals surface area (Å²) in [6.07, 6.45) is 2.01. The Bertz CT molecular complexity index is 936. The summed E-state index contributed by atoms with van der Waals surface area (Å²) >= 11 is 1.60. The standard InChI is InChI=1S/C17H17FN4OS/c1-4-13(12-7-11(18)5-6-14(12)23)21-22-16-15-9(2)10(3)24-17(15)20-8-19-16/h5-8,23H,4H2,1-3H3,(H,19,20,22)/b21-13+. The first-order chi connectivity index (χ1) is 11.5. The van der Waals surface area contributed by atoms with E-state index in [4.69, 9.17) is 0 Å². The van der Waals surface area contributed by atoms with E-state index in [1.807, 2.05) is 20.8 Å². The van der Waals surface area contributed by atoms with Crippen LogP contribution < -0.4 is 5.43 Å². The van der Waals surface area contributed by atoms with Crippen molar-refractivity contribution in [2.75, 3.05) is 5.43 Å². The van der Waals surface area contributed by atoms with E-state index >= 15 is 0 Å². The van der Waals surface area contributed by atoms with E-state index in [-0.39, 0.29) is 5.75 Å². The van der Waals surface area contributed by atoms with E-state index < -0.39 is 5.82 Å². The second kappa shape index (κ2) is 6.52. The van der Waals surface area contributed by atoms with Crippen molar-refractivity contribution in [2.24, 2.45) is 5.10 Å². The Morgan fingerprint density at radius 2 is 2.12 bits per heavy atom. The van der Waals surface area contributed by atoms with Crippen LogP contribution in [0.2, 0.25) is 0 Å². The highest BCUT2D eigenvalue weighted by Gasteiger charge is 2.13. The number of aromatic hydroxyl groups is 1. The highest BCUT2D eigenvalue weighted by atomic mass is 32.1. The van der Waals surface area contributed by atoms with Crippen molar-refractivity contribution in [1.82, 2.24) is 9.97 Å². The lowest BCUT2D eigenvalue weighted by Gasteiger charge is -2.08. The number of rotatable bonds is 4. The van der Waals surface area contributed by atoms with Crippen molar-refractivity contribution in [3.8, 4) is 5.75 Å². The van der Waals surface area contributed by atoms with Crippen LogP contribution >= 0.6 is 11.3 Å². The number of aromatic nitrogens is 2. The number of hydrazone groups is 1. The number of nitrogens with one attached hydrogen (secondary N) is 1. The Labute approximate surface area is 142 Å². The second-order valence-electron chi connectivity index (χ2n) is 5.37. The Hall–Kier alpha value is -2.54. The molecule has 1 aromatic carbocycles. The highest BCUT2D eigenvalue weighted by Crippen LogP contribution is 2.32. The summed E-state index contributed by atoms with van der Waals surface area (Å²) in [5.74, 6) is 0.176. The van der Waals surface area contributed by atoms with Crippen LogP contribution in [-0.2, 0) is 0 Å². The van der Waals surface area contributed by atoms with Crippen molar-refractivity contribution >= 4 is 33.1 Å². The number of hydrogen-bond acceptors (Lipinski definition) is 6. The molecule has 2 heterocycles. The van der Waals surface area contributed by atoms with Crippen LogP contribution in [0.3, 0.4) is 0 Å². The van der Waals surface area contributed by atoms with Crippen LogP contribution in [0.5, 0.6) is 5.75 Å². The molecule has 0 amide bonds. The third kappa shape index (κ3) is 2.94. The van der Waals surface area contributed by atoms with E-state index in [0.29, 0.717) is 23.5 Å². The quantitative estimate of drug-likeness (QED) is 0.544. The largest absolute Gasteiger partial charge is 0.507 e. The van der Waals surface area contributed by atoms with Gasteiger partial charge in [-0.05, 0) is 44.0 Å². The SMILES string of the molecule is CC/C(=N\Nc1ncnc2sc(C)c(C)c12)c1cc(F)ccc1O. The molecule has 0 aliphatic carbocycles. The molecule has 0 radical (unpaired) electrons. The van der Waals surface area contributed by atoms with Crippen LogP contribution in [0.4, 0.5) is 10.2 Å². The average molecular weight is 344 g/mol. The maximum absolute atomic E-state index is 13.5. The molecule has 5 nitrogen and oxygen atoms in total. The molecule has 0 atom stereocenters. The minimum absolute atomic E-state index is 0.00538. The van der Waals surface area contributed by atoms with Gasteiger partial charge in [-0.25, -0.2) is 14.4 Å². The molecule has 7 heteroatoms. The van der Waals surface area contributed by atoms with Crippen molar-refractivity contribution in [3.63, 3.8) is 0 Å². The van der Waals surface area contributed by atoms with Crippen molar-refractivity contribution in [2.45, 2.75) is 27.2 Å². The Morgan fingerprint density at radius 1 is 1.33 bits per heavy atom. The predicted molar refractivity (Wildman–Crippen MR) is 95.4 cm³/mol. The third-order valence-electron chi connectivity index (χ3n) is 3.87. The number of halogens is 1. The third-order valence-corrected chi connectivity index (χ3v) is 4.98. The second-order valence-corrected chi connectivity index (χ2v) is 6.57. The minimum Gasteiger partial charge on any atom is -0.507 e. The zero-order valence-electron chi connectivity index (χ0n) is 13.6. The molecule has 0 aliphatic heterocycles. The summed E-state index contributed by atoms with van der Waals surface area (Å²) in [6.45, 7) is 5.95. The van der Waals surface area contributed by atoms with Crippen LogP contribution in [0, 0.1) is 19.7 Å². The molecule has 0 unspecified atom stereocenters. The van der Waals surface area contributed by atoms with Gasteiger partial charge in [0.15, 0.2) is 5.82 Å². The van der Waals surface area contributed by atoms with E-state index in [9.17, 15) is 9.50 Å². The van der Waals surface area contributed by atoms with Gasteiger partial charge in [0.05, 0.1) is 11.1 Å². The maximum atomic E-state index is 13.5. The van der Waals surface area contributed by atoms with Gasteiger partial charge in [-0.3, -0.25) is 5.43 Å². The molecule has 2 N–H and O–H groups in total. The van der Waals surface area contributed by atoms with Crippen LogP contribution in [-0.4, -0.2) is 20.8 Å². The first-order valence-corrected chi connectivity index (χ1v) is 8.35. The number of anilines is 1. The van der Waals surface area contributed by atoms with Gasteiger partial charge in [0.2, 0.25) is 0 Å². The lowest BCUT2D eigenvalue weighted by molar-refractivity contribution is 0.471. The van der Waals surface area contributed by atoms with Crippen molar-refractivity contribution in [3.05, 3.63) is 46.3 Å². The zero-order chi connectivity index (χ0) is 17.3. The van der Waals surface area contributed by atoms with Gasteiger partial charge in [0.1, 0.15) is 22.7 Å². The Morgan fingerprint density at radius 3 is 2.88 bits per heavy atom. The molecule has 2 aromatic heterocycles. The maximum Gasteiger partial charge on any atom is 0.158 e. The van der Waals surface area contributed by atoms with Crippen LogP contribution in [0.1, 0.15) is 29.3 Å². The molecule has 3 aromatic rings. The summed E-state index contributed by atoms with van der Waals surface area (Å²) in [7, 11) is 0. The zero-order valence-corrected chi connectivity index (χ0v) is 14.4. The van der Waals surface area contributed by atoms with E-state index in [1.165, 1.54) is 29.4 Å². The molecule has 0 spiro atoms. The first kappa shape index (κ1) is 16.3. The average Bonchev–Trinajstić information content (AvgIpc) is 2.86. The van der Waals surface area contributed by atoms with Gasteiger partial charge < -0.3 is 5.11 Å². The van der Waals surface area contributed by atoms with E-state index in [0.717, 1.165) is 15.8 Å². The summed E-state index contributed by atoms with van der Waals surface area (Å²) in [4.78, 5) is 10.6. The van der Waals surface area contributed by atoms with Gasteiger partial charge in [0, 0.05) is 10.4 Å². The number of hydrogen-bond donors (Lipinski definition) is 2. The van der Waals surface area contributed by atoms with Gasteiger partial charge in [-0.2, -0.15) is 5.10 Å². The fourth-order valence-corrected chi connectivity index (χ4v) is 3.45. The molecular weight excluding hydrogens is 327 g/mol. The molecule has 24 heavy (non-hydrogen) atoms. The summed E-state index contributed by atoms with van der Waals surface area (Å²) in [6, 6.07) is 3.81. The number of nitrogens with zero attached hydrogens (tertiary/aromatic N) is 3. The highest BCUT2D eigenvalue weighted by molar-refractivity contribution is 7.18. The molecule has 0 fully saturated rings. The minimum atomic E-state index is -0.419. The smallest absolute Gasteiger partial charge is 0.158 e. The molecule has 0 bridgehead atoms. The normalized spacial score (nSPS) is 11.9. The van der Waals surface area contributed by atoms with Gasteiger partial charge in [-0.15, -0.1) is 11.3 Å². The van der Waals surface area contributed by atoms with Gasteiger partial charge in [0.25, 0.3) is 0 Å². The van der Waals surface area contributed by atoms with Gasteiger partial charge >= 0.3 is 0 Å². The fourth-order valence-electron chi connectivity index (χ4n) is 2.46. The number of fused-ring (bicyclic) bond motifs is 1. The number of phenols is 1. The summed E-state index contributed by atoms with van der Waals surface area (Å²) in [5.41, 5.74) is 4.97. The monoisotopic (exact) mass is 344 g/mol. The number of phenolic OH excluding ortho intramolecular Hbond substituents is 1. The summed E-state index contributed by atoms with van der Waals surface area (Å²) < 4.78 is 13.5. The number of aryl methyl sites for hydroxylation is 2. The lowest BCUT2D eigenvalue weighted by atomic mass is 10.1. The van der Waals surface area contributed by atoms with E-state index in [1.54, 1.807) is 11.3 Å². The molecule has 0 saturated carbocycles. The lowest BCUT2D eigenvalue weighted by Crippen LogP contribution is -2.05. The van der Waals surface area contributed by atoms with Crippen LogP contribution in [0.15, 0.2) is 29.6 Å². The van der Waals surface area contributed by atoms with Crippen LogP contribution in [0.25, 0.3) is 10.2 Å². The molecule has 3 rings (SSSR count). The Kier molecular flexibility index (Phi) is 4.44. The summed E-state index contributed by atoms with van der Waals surface area (Å²) in [5, 5.41) is 15.2. The Balaban J connectivity index is 2.01. The number of thiophene rings is 1.